The molecule has 3 aromatic rings. The van der Waals surface area contributed by atoms with E-state index in [1.165, 1.54) is 6.08 Å². The van der Waals surface area contributed by atoms with Crippen LogP contribution in [0.4, 0.5) is 5.69 Å². The van der Waals surface area contributed by atoms with Crippen LogP contribution in [0, 0.1) is 6.92 Å². The van der Waals surface area contributed by atoms with E-state index in [1.54, 1.807) is 6.08 Å². The molecule has 3 nitrogen and oxygen atoms in total. The van der Waals surface area contributed by atoms with E-state index in [4.69, 9.17) is 16.0 Å². The third-order valence-corrected chi connectivity index (χ3v) is 4.75. The van der Waals surface area contributed by atoms with Crippen LogP contribution in [0.3, 0.4) is 0 Å². The van der Waals surface area contributed by atoms with Crippen molar-refractivity contribution < 1.29 is 9.21 Å². The Morgan fingerprint density at radius 2 is 1.96 bits per heavy atom. The Morgan fingerprint density at radius 1 is 1.16 bits per heavy atom. The predicted molar refractivity (Wildman–Crippen MR) is 106 cm³/mol. The van der Waals surface area contributed by atoms with Crippen LogP contribution in [0.5, 0.6) is 0 Å². The minimum Gasteiger partial charge on any atom is -0.457 e. The first-order chi connectivity index (χ1) is 12.0. The van der Waals surface area contributed by atoms with Gasteiger partial charge < -0.3 is 9.73 Å². The Morgan fingerprint density at radius 3 is 2.76 bits per heavy atom. The van der Waals surface area contributed by atoms with E-state index < -0.39 is 0 Å². The summed E-state index contributed by atoms with van der Waals surface area (Å²) in [4.78, 5) is 12.1. The van der Waals surface area contributed by atoms with Gasteiger partial charge in [-0.05, 0) is 55.0 Å². The van der Waals surface area contributed by atoms with Crippen molar-refractivity contribution in [3.8, 4) is 11.3 Å². The van der Waals surface area contributed by atoms with Crippen LogP contribution in [0.1, 0.15) is 11.3 Å². The lowest BCUT2D eigenvalue weighted by molar-refractivity contribution is -0.111. The molecule has 0 radical (unpaired) electrons. The van der Waals surface area contributed by atoms with Gasteiger partial charge in [-0.2, -0.15) is 0 Å². The van der Waals surface area contributed by atoms with Gasteiger partial charge in [-0.3, -0.25) is 4.79 Å². The summed E-state index contributed by atoms with van der Waals surface area (Å²) in [5, 5.41) is 3.50. The van der Waals surface area contributed by atoms with Crippen LogP contribution in [0.15, 0.2) is 69.6 Å². The van der Waals surface area contributed by atoms with Crippen LogP contribution in [0.25, 0.3) is 17.4 Å². The van der Waals surface area contributed by atoms with Gasteiger partial charge in [0.15, 0.2) is 0 Å². The average Bonchev–Trinajstić information content (AvgIpc) is 3.06. The smallest absolute Gasteiger partial charge is 0.248 e. The van der Waals surface area contributed by atoms with Crippen molar-refractivity contribution in [2.75, 3.05) is 5.32 Å². The van der Waals surface area contributed by atoms with Crippen molar-refractivity contribution in [1.29, 1.82) is 0 Å². The summed E-state index contributed by atoms with van der Waals surface area (Å²) in [7, 11) is 0. The van der Waals surface area contributed by atoms with Gasteiger partial charge in [0.2, 0.25) is 5.91 Å². The second-order valence-electron chi connectivity index (χ2n) is 5.45. The van der Waals surface area contributed by atoms with Crippen LogP contribution in [-0.4, -0.2) is 5.91 Å². The maximum Gasteiger partial charge on any atom is 0.248 e. The molecule has 0 aliphatic rings. The van der Waals surface area contributed by atoms with E-state index in [0.717, 1.165) is 21.3 Å². The fraction of sp³-hybridized carbons (Fsp3) is 0.0500. The molecule has 1 aromatic heterocycles. The van der Waals surface area contributed by atoms with Crippen molar-refractivity contribution in [3.05, 3.63) is 81.5 Å². The Kier molecular flexibility index (Phi) is 5.41. The van der Waals surface area contributed by atoms with Gasteiger partial charge in [-0.1, -0.05) is 45.7 Å². The lowest BCUT2D eigenvalue weighted by Crippen LogP contribution is -2.08. The zero-order valence-corrected chi connectivity index (χ0v) is 15.8. The third kappa shape index (κ3) is 4.41. The number of amides is 1. The minimum atomic E-state index is -0.220. The fourth-order valence-corrected chi connectivity index (χ4v) is 2.87. The van der Waals surface area contributed by atoms with Crippen LogP contribution in [0.2, 0.25) is 5.02 Å². The Labute approximate surface area is 159 Å². The molecule has 0 saturated carbocycles. The number of halogens is 2. The van der Waals surface area contributed by atoms with Crippen molar-refractivity contribution in [2.45, 2.75) is 6.92 Å². The zero-order valence-electron chi connectivity index (χ0n) is 13.4. The van der Waals surface area contributed by atoms with E-state index in [-0.39, 0.29) is 5.91 Å². The van der Waals surface area contributed by atoms with Crippen LogP contribution >= 0.6 is 27.5 Å². The standard InChI is InChI=1S/C20H15BrClNO2/c1-13-17(21)6-3-7-18(13)23-20(24)11-9-16-8-10-19(25-16)14-4-2-5-15(22)12-14/h2-12H,1H3,(H,23,24)/b11-9+. The molecule has 1 heterocycles. The average molecular weight is 417 g/mol. The summed E-state index contributed by atoms with van der Waals surface area (Å²) < 4.78 is 6.69. The highest BCUT2D eigenvalue weighted by Crippen LogP contribution is 2.26. The van der Waals surface area contributed by atoms with E-state index in [0.29, 0.717) is 16.5 Å². The normalized spacial score (nSPS) is 11.0. The molecule has 3 rings (SSSR count). The Hall–Kier alpha value is -2.30. The quantitative estimate of drug-likeness (QED) is 0.505. The molecule has 0 unspecified atom stereocenters. The molecule has 0 aliphatic heterocycles. The van der Waals surface area contributed by atoms with E-state index >= 15 is 0 Å². The summed E-state index contributed by atoms with van der Waals surface area (Å²) in [6, 6.07) is 16.7. The van der Waals surface area contributed by atoms with Crippen LogP contribution in [-0.2, 0) is 4.79 Å². The second-order valence-corrected chi connectivity index (χ2v) is 6.74. The fourth-order valence-electron chi connectivity index (χ4n) is 2.31. The van der Waals surface area contributed by atoms with Gasteiger partial charge in [0.1, 0.15) is 11.5 Å². The highest BCUT2D eigenvalue weighted by molar-refractivity contribution is 9.10. The molecule has 0 fully saturated rings. The molecule has 0 spiro atoms. The first kappa shape index (κ1) is 17.5. The number of carbonyl (C=O) groups excluding carboxylic acids is 1. The summed E-state index contributed by atoms with van der Waals surface area (Å²) in [5.74, 6) is 1.07. The molecule has 25 heavy (non-hydrogen) atoms. The molecule has 0 atom stereocenters. The van der Waals surface area contributed by atoms with E-state index in [9.17, 15) is 4.79 Å². The summed E-state index contributed by atoms with van der Waals surface area (Å²) in [6.45, 7) is 1.94. The number of benzene rings is 2. The first-order valence-corrected chi connectivity index (χ1v) is 8.80. The van der Waals surface area contributed by atoms with Gasteiger partial charge in [-0.25, -0.2) is 0 Å². The molecule has 0 bridgehead atoms. The minimum absolute atomic E-state index is 0.220. The topological polar surface area (TPSA) is 42.2 Å². The van der Waals surface area contributed by atoms with Crippen molar-refractivity contribution in [1.82, 2.24) is 0 Å². The SMILES string of the molecule is Cc1c(Br)cccc1NC(=O)/C=C/c1ccc(-c2cccc(Cl)c2)o1. The zero-order chi connectivity index (χ0) is 17.8. The number of anilines is 1. The van der Waals surface area contributed by atoms with E-state index in [1.807, 2.05) is 61.5 Å². The van der Waals surface area contributed by atoms with Crippen molar-refractivity contribution in [3.63, 3.8) is 0 Å². The molecule has 5 heteroatoms. The predicted octanol–water partition coefficient (Wildman–Crippen LogP) is 6.32. The number of furan rings is 1. The van der Waals surface area contributed by atoms with Crippen molar-refractivity contribution in [2.24, 2.45) is 0 Å². The first-order valence-electron chi connectivity index (χ1n) is 7.63. The number of hydrogen-bond acceptors (Lipinski definition) is 2. The maximum absolute atomic E-state index is 12.1. The van der Waals surface area contributed by atoms with Gasteiger partial charge in [-0.15, -0.1) is 0 Å². The number of nitrogens with one attached hydrogen (secondary N) is 1. The highest BCUT2D eigenvalue weighted by atomic mass is 79.9. The molecule has 0 saturated heterocycles. The number of hydrogen-bond donors (Lipinski definition) is 1. The summed E-state index contributed by atoms with van der Waals surface area (Å²) in [6.07, 6.45) is 3.08. The number of carbonyl (C=O) groups is 1. The van der Waals surface area contributed by atoms with Gasteiger partial charge in [0.25, 0.3) is 0 Å². The monoisotopic (exact) mass is 415 g/mol. The van der Waals surface area contributed by atoms with Crippen molar-refractivity contribution >= 4 is 45.2 Å². The lowest BCUT2D eigenvalue weighted by atomic mass is 10.2. The summed E-state index contributed by atoms with van der Waals surface area (Å²) in [5.41, 5.74) is 2.63. The van der Waals surface area contributed by atoms with Gasteiger partial charge in [0.05, 0.1) is 0 Å². The van der Waals surface area contributed by atoms with Gasteiger partial charge >= 0.3 is 0 Å². The number of rotatable bonds is 4. The molecular formula is C20H15BrClNO2. The molecule has 126 valence electrons. The largest absolute Gasteiger partial charge is 0.457 e. The molecule has 0 aliphatic carbocycles. The highest BCUT2D eigenvalue weighted by Gasteiger charge is 2.06. The second kappa shape index (κ2) is 7.72. The molecular weight excluding hydrogens is 402 g/mol. The third-order valence-electron chi connectivity index (χ3n) is 3.66. The Balaban J connectivity index is 1.70. The molecule has 1 amide bonds. The maximum atomic E-state index is 12.1. The van der Waals surface area contributed by atoms with Gasteiger partial charge in [0, 0.05) is 26.8 Å². The molecule has 1 N–H and O–H groups in total. The van der Waals surface area contributed by atoms with Crippen LogP contribution < -0.4 is 5.32 Å². The van der Waals surface area contributed by atoms with E-state index in [2.05, 4.69) is 21.2 Å². The lowest BCUT2D eigenvalue weighted by Gasteiger charge is -2.07. The molecule has 2 aromatic carbocycles. The summed E-state index contributed by atoms with van der Waals surface area (Å²) >= 11 is 9.44. The Bertz CT molecular complexity index is 946.